The molecule has 0 spiro atoms. The molecule has 1 aromatic rings. The summed E-state index contributed by atoms with van der Waals surface area (Å²) in [5, 5.41) is 22.1. The highest BCUT2D eigenvalue weighted by atomic mass is 16.6. The van der Waals surface area contributed by atoms with E-state index in [0.717, 1.165) is 5.56 Å². The van der Waals surface area contributed by atoms with Gasteiger partial charge in [0.1, 0.15) is 12.2 Å². The van der Waals surface area contributed by atoms with E-state index in [2.05, 4.69) is 0 Å². The molecule has 2 saturated heterocycles. The topological polar surface area (TPSA) is 106 Å². The molecule has 144 valence electrons. The standard InChI is InChI=1S/C20H22O7/c1-18-8-13(10-4-6-25-9-10)26-16(22)11(18)7-14(21)19(2)15(18)12-3-5-20(19,24)17(23)27-12/h3-6,9,11-15,21,24H,7-8H2,1-2H3/t11-,12+,13-,14+,15-,18+,19+,20-/m1/s1. The second-order valence-corrected chi connectivity index (χ2v) is 8.75. The third-order valence-electron chi connectivity index (χ3n) is 7.62. The van der Waals surface area contributed by atoms with Crippen LogP contribution in [0, 0.1) is 22.7 Å². The first-order valence-electron chi connectivity index (χ1n) is 9.25. The Hall–Kier alpha value is -2.12. The van der Waals surface area contributed by atoms with Crippen LogP contribution >= 0.6 is 0 Å². The Morgan fingerprint density at radius 2 is 2.00 bits per heavy atom. The molecule has 2 aliphatic carbocycles. The number of hydrogen-bond donors (Lipinski definition) is 2. The van der Waals surface area contributed by atoms with Crippen molar-refractivity contribution < 1.29 is 33.7 Å². The Bertz CT molecular complexity index is 845. The molecule has 4 heterocycles. The number of furan rings is 1. The summed E-state index contributed by atoms with van der Waals surface area (Å²) in [7, 11) is 0. The van der Waals surface area contributed by atoms with Crippen molar-refractivity contribution in [1.29, 1.82) is 0 Å². The number of fused-ring (bicyclic) bond motifs is 2. The molecule has 0 aromatic carbocycles. The summed E-state index contributed by atoms with van der Waals surface area (Å²) in [5.74, 6) is -2.07. The van der Waals surface area contributed by atoms with Crippen LogP contribution in [-0.4, -0.2) is 40.0 Å². The molecule has 2 N–H and O–H groups in total. The van der Waals surface area contributed by atoms with E-state index in [1.54, 1.807) is 25.3 Å². The SMILES string of the molecule is C[C@]12C[C@H](c3ccoc3)OC(=O)[C@H]1C[C@H](O)[C@@]1(C)[C@@H]2[C@@H]2C=C[C@@]1(O)C(=O)O2. The van der Waals surface area contributed by atoms with E-state index in [1.165, 1.54) is 12.3 Å². The third-order valence-corrected chi connectivity index (χ3v) is 7.62. The quantitative estimate of drug-likeness (QED) is 0.567. The van der Waals surface area contributed by atoms with Crippen molar-refractivity contribution in [1.82, 2.24) is 0 Å². The molecule has 6 rings (SSSR count). The Morgan fingerprint density at radius 1 is 1.22 bits per heavy atom. The van der Waals surface area contributed by atoms with Crippen molar-refractivity contribution in [3.05, 3.63) is 36.3 Å². The van der Waals surface area contributed by atoms with Crippen LogP contribution in [0.1, 0.15) is 38.4 Å². The summed E-state index contributed by atoms with van der Waals surface area (Å²) in [4.78, 5) is 25.3. The van der Waals surface area contributed by atoms with Crippen LogP contribution in [0.25, 0.3) is 0 Å². The average Bonchev–Trinajstić information content (AvgIpc) is 3.14. The van der Waals surface area contributed by atoms with E-state index in [-0.39, 0.29) is 12.4 Å². The highest BCUT2D eigenvalue weighted by Gasteiger charge is 2.75. The van der Waals surface area contributed by atoms with Gasteiger partial charge in [-0.3, -0.25) is 4.79 Å². The van der Waals surface area contributed by atoms with Gasteiger partial charge < -0.3 is 24.1 Å². The number of ether oxygens (including phenoxy) is 2. The largest absolute Gasteiger partial charge is 0.472 e. The normalized spacial score (nSPS) is 50.6. The van der Waals surface area contributed by atoms with Crippen molar-refractivity contribution in [2.75, 3.05) is 0 Å². The number of hydrogen-bond acceptors (Lipinski definition) is 7. The number of esters is 2. The summed E-state index contributed by atoms with van der Waals surface area (Å²) < 4.78 is 16.3. The molecule has 27 heavy (non-hydrogen) atoms. The smallest absolute Gasteiger partial charge is 0.343 e. The van der Waals surface area contributed by atoms with Crippen LogP contribution in [0.2, 0.25) is 0 Å². The number of cyclic esters (lactones) is 1. The van der Waals surface area contributed by atoms with Crippen LogP contribution in [0.5, 0.6) is 0 Å². The van der Waals surface area contributed by atoms with E-state index >= 15 is 0 Å². The molecule has 3 aliphatic heterocycles. The van der Waals surface area contributed by atoms with Crippen LogP contribution in [0.4, 0.5) is 0 Å². The summed E-state index contributed by atoms with van der Waals surface area (Å²) >= 11 is 0. The molecule has 3 fully saturated rings. The van der Waals surface area contributed by atoms with Gasteiger partial charge in [-0.25, -0.2) is 4.79 Å². The van der Waals surface area contributed by atoms with E-state index in [1.807, 2.05) is 6.92 Å². The van der Waals surface area contributed by atoms with Gasteiger partial charge in [-0.2, -0.15) is 0 Å². The zero-order valence-corrected chi connectivity index (χ0v) is 15.1. The lowest BCUT2D eigenvalue weighted by atomic mass is 9.41. The highest BCUT2D eigenvalue weighted by Crippen LogP contribution is 2.67. The minimum atomic E-state index is -1.91. The molecule has 0 amide bonds. The minimum Gasteiger partial charge on any atom is -0.472 e. The maximum Gasteiger partial charge on any atom is 0.343 e. The predicted molar refractivity (Wildman–Crippen MR) is 89.9 cm³/mol. The predicted octanol–water partition coefficient (Wildman–Crippen LogP) is 1.50. The van der Waals surface area contributed by atoms with Gasteiger partial charge in [0.25, 0.3) is 0 Å². The molecule has 7 nitrogen and oxygen atoms in total. The second kappa shape index (κ2) is 5.02. The average molecular weight is 374 g/mol. The summed E-state index contributed by atoms with van der Waals surface area (Å²) in [5.41, 5.74) is -2.92. The molecule has 5 aliphatic rings. The molecule has 1 aromatic heterocycles. The van der Waals surface area contributed by atoms with E-state index < -0.39 is 52.5 Å². The molecule has 2 bridgehead atoms. The Labute approximate surface area is 155 Å². The Morgan fingerprint density at radius 3 is 2.67 bits per heavy atom. The van der Waals surface area contributed by atoms with Gasteiger partial charge in [-0.05, 0) is 36.5 Å². The van der Waals surface area contributed by atoms with Gasteiger partial charge >= 0.3 is 11.9 Å². The van der Waals surface area contributed by atoms with E-state index in [4.69, 9.17) is 13.9 Å². The van der Waals surface area contributed by atoms with Gasteiger partial charge in [-0.15, -0.1) is 0 Å². The Kier molecular flexibility index (Phi) is 3.17. The monoisotopic (exact) mass is 374 g/mol. The van der Waals surface area contributed by atoms with Crippen LogP contribution < -0.4 is 0 Å². The summed E-state index contributed by atoms with van der Waals surface area (Å²) in [6.07, 6.45) is 4.72. The fourth-order valence-corrected chi connectivity index (χ4v) is 6.13. The second-order valence-electron chi connectivity index (χ2n) is 8.75. The first-order chi connectivity index (χ1) is 12.7. The summed E-state index contributed by atoms with van der Waals surface area (Å²) in [6.45, 7) is 3.71. The lowest BCUT2D eigenvalue weighted by Gasteiger charge is -2.67. The van der Waals surface area contributed by atoms with Crippen molar-refractivity contribution in [3.8, 4) is 0 Å². The first-order valence-corrected chi connectivity index (χ1v) is 9.25. The fraction of sp³-hybridized carbons (Fsp3) is 0.600. The maximum atomic E-state index is 12.9. The van der Waals surface area contributed by atoms with Crippen molar-refractivity contribution in [3.63, 3.8) is 0 Å². The first kappa shape index (κ1) is 17.0. The molecular weight excluding hydrogens is 352 g/mol. The number of aliphatic hydroxyl groups excluding tert-OH is 1. The van der Waals surface area contributed by atoms with Gasteiger partial charge in [0.05, 0.1) is 24.5 Å². The highest BCUT2D eigenvalue weighted by molar-refractivity contribution is 5.86. The van der Waals surface area contributed by atoms with Gasteiger partial charge in [0.15, 0.2) is 5.60 Å². The van der Waals surface area contributed by atoms with Crippen LogP contribution in [0.3, 0.4) is 0 Å². The van der Waals surface area contributed by atoms with Crippen LogP contribution in [0.15, 0.2) is 35.2 Å². The lowest BCUT2D eigenvalue weighted by molar-refractivity contribution is -0.284. The molecule has 8 atom stereocenters. The number of carbonyl (C=O) groups is 2. The summed E-state index contributed by atoms with van der Waals surface area (Å²) in [6, 6.07) is 1.76. The molecule has 7 heteroatoms. The van der Waals surface area contributed by atoms with E-state index in [0.29, 0.717) is 6.42 Å². The fourth-order valence-electron chi connectivity index (χ4n) is 6.13. The minimum absolute atomic E-state index is 0.136. The van der Waals surface area contributed by atoms with Crippen molar-refractivity contribution in [2.24, 2.45) is 22.7 Å². The number of rotatable bonds is 1. The molecule has 1 saturated carbocycles. The number of carbonyl (C=O) groups excluding carboxylic acids is 2. The number of aliphatic hydroxyl groups is 2. The van der Waals surface area contributed by atoms with Gasteiger partial charge in [0, 0.05) is 16.9 Å². The van der Waals surface area contributed by atoms with Gasteiger partial charge in [0.2, 0.25) is 0 Å². The van der Waals surface area contributed by atoms with Gasteiger partial charge in [-0.1, -0.05) is 13.8 Å². The Balaban J connectivity index is 1.64. The molecule has 0 radical (unpaired) electrons. The third kappa shape index (κ3) is 1.84. The lowest BCUT2D eigenvalue weighted by Crippen LogP contribution is -2.76. The zero-order chi connectivity index (χ0) is 19.2. The maximum absolute atomic E-state index is 12.9. The van der Waals surface area contributed by atoms with Crippen molar-refractivity contribution in [2.45, 2.75) is 50.6 Å². The van der Waals surface area contributed by atoms with Crippen LogP contribution in [-0.2, 0) is 19.1 Å². The van der Waals surface area contributed by atoms with E-state index in [9.17, 15) is 19.8 Å². The molecular formula is C20H22O7. The zero-order valence-electron chi connectivity index (χ0n) is 15.1. The molecule has 0 unspecified atom stereocenters. The van der Waals surface area contributed by atoms with Crippen molar-refractivity contribution >= 4 is 11.9 Å².